The average Bonchev–Trinajstić information content (AvgIpc) is 2.85. The van der Waals surface area contributed by atoms with Gasteiger partial charge in [0.15, 0.2) is 0 Å². The standard InChI is InChI=1S/C13H14FN3O3/c1-9(2)16-6-5-10(15-16)8-20-11-3-4-13(17(18)19)12(14)7-11/h3-7,9H,8H2,1-2H3. The zero-order valence-corrected chi connectivity index (χ0v) is 11.1. The highest BCUT2D eigenvalue weighted by Gasteiger charge is 2.14. The van der Waals surface area contributed by atoms with Crippen LogP contribution < -0.4 is 4.74 Å². The Labute approximate surface area is 114 Å². The lowest BCUT2D eigenvalue weighted by atomic mass is 10.3. The van der Waals surface area contributed by atoms with E-state index in [4.69, 9.17) is 4.74 Å². The van der Waals surface area contributed by atoms with Gasteiger partial charge in [-0.1, -0.05) is 0 Å². The lowest BCUT2D eigenvalue weighted by Crippen LogP contribution is -2.03. The van der Waals surface area contributed by atoms with Crippen LogP contribution in [0.3, 0.4) is 0 Å². The second kappa shape index (κ2) is 5.68. The fourth-order valence-electron chi connectivity index (χ4n) is 1.62. The van der Waals surface area contributed by atoms with Crippen molar-refractivity contribution in [3.05, 3.63) is 52.1 Å². The fourth-order valence-corrected chi connectivity index (χ4v) is 1.62. The molecule has 0 amide bonds. The number of hydrogen-bond donors (Lipinski definition) is 0. The van der Waals surface area contributed by atoms with Crippen LogP contribution in [0.4, 0.5) is 10.1 Å². The van der Waals surface area contributed by atoms with Crippen molar-refractivity contribution in [2.24, 2.45) is 0 Å². The zero-order chi connectivity index (χ0) is 14.7. The third-order valence-electron chi connectivity index (χ3n) is 2.70. The Bertz CT molecular complexity index is 625. The van der Waals surface area contributed by atoms with Gasteiger partial charge < -0.3 is 4.74 Å². The van der Waals surface area contributed by atoms with E-state index in [2.05, 4.69) is 5.10 Å². The number of ether oxygens (including phenoxy) is 1. The molecule has 6 nitrogen and oxygen atoms in total. The second-order valence-electron chi connectivity index (χ2n) is 4.54. The third kappa shape index (κ3) is 3.11. The molecule has 2 aromatic rings. The smallest absolute Gasteiger partial charge is 0.305 e. The predicted molar refractivity (Wildman–Crippen MR) is 70.0 cm³/mol. The molecule has 1 heterocycles. The number of nitro benzene ring substituents is 1. The Morgan fingerprint density at radius 2 is 2.20 bits per heavy atom. The molecule has 106 valence electrons. The molecule has 2 rings (SSSR count). The van der Waals surface area contributed by atoms with Gasteiger partial charge in [0.25, 0.3) is 0 Å². The minimum atomic E-state index is -0.916. The molecule has 0 unspecified atom stereocenters. The van der Waals surface area contributed by atoms with E-state index < -0.39 is 16.4 Å². The number of aromatic nitrogens is 2. The van der Waals surface area contributed by atoms with E-state index in [0.29, 0.717) is 5.69 Å². The monoisotopic (exact) mass is 279 g/mol. The quantitative estimate of drug-likeness (QED) is 0.623. The molecule has 0 spiro atoms. The molecule has 0 N–H and O–H groups in total. The highest BCUT2D eigenvalue weighted by molar-refractivity contribution is 5.37. The van der Waals surface area contributed by atoms with Gasteiger partial charge in [-0.05, 0) is 26.0 Å². The van der Waals surface area contributed by atoms with Crippen LogP contribution in [-0.4, -0.2) is 14.7 Å². The molecule has 1 aromatic carbocycles. The first-order valence-electron chi connectivity index (χ1n) is 6.08. The zero-order valence-electron chi connectivity index (χ0n) is 11.1. The molecule has 0 aliphatic carbocycles. The molecule has 0 aliphatic heterocycles. The summed E-state index contributed by atoms with van der Waals surface area (Å²) in [7, 11) is 0. The second-order valence-corrected chi connectivity index (χ2v) is 4.54. The van der Waals surface area contributed by atoms with Gasteiger partial charge in [0.2, 0.25) is 5.82 Å². The van der Waals surface area contributed by atoms with Crippen molar-refractivity contribution in [3.8, 4) is 5.75 Å². The van der Waals surface area contributed by atoms with Gasteiger partial charge >= 0.3 is 5.69 Å². The van der Waals surface area contributed by atoms with Gasteiger partial charge in [0, 0.05) is 24.4 Å². The summed E-state index contributed by atoms with van der Waals surface area (Å²) in [6.07, 6.45) is 1.83. The molecule has 0 saturated carbocycles. The molecule has 20 heavy (non-hydrogen) atoms. The highest BCUT2D eigenvalue weighted by Crippen LogP contribution is 2.22. The lowest BCUT2D eigenvalue weighted by molar-refractivity contribution is -0.387. The number of benzene rings is 1. The van der Waals surface area contributed by atoms with Crippen molar-refractivity contribution >= 4 is 5.69 Å². The van der Waals surface area contributed by atoms with Crippen LogP contribution in [0.5, 0.6) is 5.75 Å². The third-order valence-corrected chi connectivity index (χ3v) is 2.70. The van der Waals surface area contributed by atoms with E-state index in [-0.39, 0.29) is 18.4 Å². The van der Waals surface area contributed by atoms with Gasteiger partial charge in [0.05, 0.1) is 10.6 Å². The first-order chi connectivity index (χ1) is 9.47. The number of nitro groups is 1. The van der Waals surface area contributed by atoms with Crippen LogP contribution in [0.15, 0.2) is 30.5 Å². The maximum Gasteiger partial charge on any atom is 0.305 e. The Balaban J connectivity index is 2.03. The van der Waals surface area contributed by atoms with Crippen molar-refractivity contribution < 1.29 is 14.1 Å². The fraction of sp³-hybridized carbons (Fsp3) is 0.308. The molecule has 0 bridgehead atoms. The first-order valence-corrected chi connectivity index (χ1v) is 6.08. The Kier molecular flexibility index (Phi) is 3.97. The SMILES string of the molecule is CC(C)n1ccc(COc2ccc([N+](=O)[O-])c(F)c2)n1. The topological polar surface area (TPSA) is 70.2 Å². The summed E-state index contributed by atoms with van der Waals surface area (Å²) in [5.74, 6) is -0.688. The van der Waals surface area contributed by atoms with Crippen molar-refractivity contribution in [2.45, 2.75) is 26.5 Å². The molecular weight excluding hydrogens is 265 g/mol. The van der Waals surface area contributed by atoms with E-state index in [1.54, 1.807) is 4.68 Å². The van der Waals surface area contributed by atoms with Crippen LogP contribution in [-0.2, 0) is 6.61 Å². The maximum absolute atomic E-state index is 13.4. The largest absolute Gasteiger partial charge is 0.487 e. The highest BCUT2D eigenvalue weighted by atomic mass is 19.1. The Morgan fingerprint density at radius 3 is 2.75 bits per heavy atom. The van der Waals surface area contributed by atoms with Crippen molar-refractivity contribution in [3.63, 3.8) is 0 Å². The van der Waals surface area contributed by atoms with Crippen LogP contribution >= 0.6 is 0 Å². The number of hydrogen-bond acceptors (Lipinski definition) is 4. The summed E-state index contributed by atoms with van der Waals surface area (Å²) >= 11 is 0. The molecule has 0 aliphatic rings. The van der Waals surface area contributed by atoms with Gasteiger partial charge in [-0.25, -0.2) is 0 Å². The summed E-state index contributed by atoms with van der Waals surface area (Å²) in [4.78, 5) is 9.72. The first kappa shape index (κ1) is 14.0. The lowest BCUT2D eigenvalue weighted by Gasteiger charge is -2.05. The Morgan fingerprint density at radius 1 is 1.45 bits per heavy atom. The van der Waals surface area contributed by atoms with E-state index in [1.165, 1.54) is 6.07 Å². The van der Waals surface area contributed by atoms with Crippen LogP contribution in [0.1, 0.15) is 25.6 Å². The predicted octanol–water partition coefficient (Wildman–Crippen LogP) is 3.09. The van der Waals surface area contributed by atoms with E-state index >= 15 is 0 Å². The van der Waals surface area contributed by atoms with E-state index in [0.717, 1.165) is 12.1 Å². The molecule has 0 radical (unpaired) electrons. The van der Waals surface area contributed by atoms with Crippen LogP contribution in [0.25, 0.3) is 0 Å². The molecule has 7 heteroatoms. The van der Waals surface area contributed by atoms with Crippen molar-refractivity contribution in [1.82, 2.24) is 9.78 Å². The number of rotatable bonds is 5. The van der Waals surface area contributed by atoms with Crippen molar-refractivity contribution in [1.29, 1.82) is 0 Å². The molecular formula is C13H14FN3O3. The minimum Gasteiger partial charge on any atom is -0.487 e. The summed E-state index contributed by atoms with van der Waals surface area (Å²) in [6.45, 7) is 4.18. The van der Waals surface area contributed by atoms with E-state index in [1.807, 2.05) is 26.1 Å². The van der Waals surface area contributed by atoms with Gasteiger partial charge in [0.1, 0.15) is 12.4 Å². The van der Waals surface area contributed by atoms with Crippen LogP contribution in [0, 0.1) is 15.9 Å². The maximum atomic E-state index is 13.4. The molecule has 0 fully saturated rings. The summed E-state index contributed by atoms with van der Waals surface area (Å²) < 4.78 is 20.5. The van der Waals surface area contributed by atoms with E-state index in [9.17, 15) is 14.5 Å². The normalized spacial score (nSPS) is 10.8. The molecule has 0 saturated heterocycles. The number of nitrogens with zero attached hydrogens (tertiary/aromatic N) is 3. The minimum absolute atomic E-state index is 0.178. The van der Waals surface area contributed by atoms with Gasteiger partial charge in [-0.2, -0.15) is 9.49 Å². The van der Waals surface area contributed by atoms with Crippen LogP contribution in [0.2, 0.25) is 0 Å². The van der Waals surface area contributed by atoms with Gasteiger partial charge in [-0.15, -0.1) is 0 Å². The van der Waals surface area contributed by atoms with Crippen molar-refractivity contribution in [2.75, 3.05) is 0 Å². The van der Waals surface area contributed by atoms with Gasteiger partial charge in [-0.3, -0.25) is 14.8 Å². The average molecular weight is 279 g/mol. The molecule has 0 atom stereocenters. The summed E-state index contributed by atoms with van der Waals surface area (Å²) in [5.41, 5.74) is 0.138. The Hall–Kier alpha value is -2.44. The molecule has 1 aromatic heterocycles. The summed E-state index contributed by atoms with van der Waals surface area (Å²) in [6, 6.07) is 5.50. The number of halogens is 1. The summed E-state index contributed by atoms with van der Waals surface area (Å²) in [5, 5.41) is 14.8.